The zero-order chi connectivity index (χ0) is 43.1. The van der Waals surface area contributed by atoms with Crippen molar-refractivity contribution in [2.75, 3.05) is 27.2 Å². The van der Waals surface area contributed by atoms with Gasteiger partial charge in [0.25, 0.3) is 5.91 Å². The standard InChI is InChI=1S/C40H57N7O11/c1-5-6-7-8-9-10-11-12-13-32(51)46(3)29(22-48)37(54)45-35(41)39(56)42-21-33(52)47(4)34-25-15-17-31(50)27(20-25)26-18-24(14-16-30(26)49)19-28(40(57)58)44-36(53)23(2)43-38(34)55/h14-18,20,23,28-29,34-35,48-50H,5-13,19,21-22,41H2,1-4H3,(H,42,56)(H,43,55)(H,44,53)(H,45,54)(H,57,58)/t23-,28-,29+,34-,35-/m0/s1. The molecule has 10 N–H and O–H groups in total. The number of hydrogen-bond donors (Lipinski definition) is 9. The molecule has 318 valence electrons. The van der Waals surface area contributed by atoms with Crippen molar-refractivity contribution in [3.63, 3.8) is 0 Å². The molecule has 2 aromatic rings. The average molecular weight is 812 g/mol. The number of hydrogen-bond acceptors (Lipinski definition) is 11. The first-order valence-corrected chi connectivity index (χ1v) is 19.4. The molecule has 1 aliphatic rings. The van der Waals surface area contributed by atoms with Crippen molar-refractivity contribution in [3.8, 4) is 22.6 Å². The Morgan fingerprint density at radius 2 is 1.45 bits per heavy atom. The van der Waals surface area contributed by atoms with Crippen LogP contribution in [0.2, 0.25) is 0 Å². The number of nitrogens with one attached hydrogen (secondary N) is 4. The SMILES string of the molecule is CCCCCCCCCCC(=O)N(C)[C@H](CO)C(=O)N[C@H](N)C(=O)NCC(=O)N(C)[C@@H]1C(=O)N[C@@H](C)C(=O)N[C@H](C(=O)O)Cc2ccc(O)c(c2)-c2cc1ccc2O. The molecule has 18 heteroatoms. The lowest BCUT2D eigenvalue weighted by atomic mass is 9.94. The first-order valence-electron chi connectivity index (χ1n) is 19.4. The molecule has 1 heterocycles. The van der Waals surface area contributed by atoms with Gasteiger partial charge in [-0.25, -0.2) is 4.79 Å². The van der Waals surface area contributed by atoms with Gasteiger partial charge >= 0.3 is 5.97 Å². The molecule has 0 saturated carbocycles. The van der Waals surface area contributed by atoms with Crippen molar-refractivity contribution in [3.05, 3.63) is 47.5 Å². The summed E-state index contributed by atoms with van der Waals surface area (Å²) in [5.74, 6) is -6.77. The van der Waals surface area contributed by atoms with Gasteiger partial charge in [0.05, 0.1) is 13.2 Å². The summed E-state index contributed by atoms with van der Waals surface area (Å²) in [6.45, 7) is 2.00. The number of amides is 6. The quantitative estimate of drug-likeness (QED) is 0.0746. The van der Waals surface area contributed by atoms with Gasteiger partial charge < -0.3 is 57.2 Å². The summed E-state index contributed by atoms with van der Waals surface area (Å²) in [6.07, 6.45) is 6.53. The number of aromatic hydroxyl groups is 2. The van der Waals surface area contributed by atoms with Gasteiger partial charge in [-0.1, -0.05) is 64.0 Å². The Morgan fingerprint density at radius 1 is 0.845 bits per heavy atom. The number of aliphatic hydroxyl groups excluding tert-OH is 1. The Kier molecular flexibility index (Phi) is 17.9. The number of carboxylic acids is 1. The van der Waals surface area contributed by atoms with Crippen molar-refractivity contribution >= 4 is 41.4 Å². The number of nitrogens with two attached hydrogens (primary N) is 1. The minimum absolute atomic E-state index is 0.0493. The molecule has 58 heavy (non-hydrogen) atoms. The van der Waals surface area contributed by atoms with Crippen molar-refractivity contribution in [1.29, 1.82) is 0 Å². The predicted octanol–water partition coefficient (Wildman–Crippen LogP) is 0.762. The molecule has 0 aromatic heterocycles. The molecule has 6 amide bonds. The number of aliphatic carboxylic acids is 1. The highest BCUT2D eigenvalue weighted by molar-refractivity contribution is 5.96. The summed E-state index contributed by atoms with van der Waals surface area (Å²) in [7, 11) is 2.61. The fraction of sp³-hybridized carbons (Fsp3) is 0.525. The monoisotopic (exact) mass is 811 g/mol. The molecule has 0 radical (unpaired) electrons. The molecule has 0 aliphatic carbocycles. The fourth-order valence-electron chi connectivity index (χ4n) is 6.50. The van der Waals surface area contributed by atoms with E-state index in [1.54, 1.807) is 0 Å². The van der Waals surface area contributed by atoms with Crippen LogP contribution in [0.25, 0.3) is 11.1 Å². The van der Waals surface area contributed by atoms with E-state index in [-0.39, 0.29) is 46.9 Å². The van der Waals surface area contributed by atoms with Crippen LogP contribution in [0.3, 0.4) is 0 Å². The van der Waals surface area contributed by atoms with Gasteiger partial charge in [-0.15, -0.1) is 0 Å². The van der Waals surface area contributed by atoms with Gasteiger partial charge in [0, 0.05) is 38.1 Å². The van der Waals surface area contributed by atoms with Crippen molar-refractivity contribution in [2.24, 2.45) is 5.73 Å². The minimum Gasteiger partial charge on any atom is -0.507 e. The third-order valence-corrected chi connectivity index (χ3v) is 10.1. The number of aliphatic hydroxyl groups is 1. The number of nitrogens with zero attached hydrogens (tertiary/aromatic N) is 2. The van der Waals surface area contributed by atoms with Gasteiger partial charge in [0.2, 0.25) is 29.5 Å². The molecule has 3 rings (SSSR count). The molecule has 2 aromatic carbocycles. The lowest BCUT2D eigenvalue weighted by Gasteiger charge is -2.30. The molecular weight excluding hydrogens is 754 g/mol. The van der Waals surface area contributed by atoms with Crippen LogP contribution in [0.4, 0.5) is 0 Å². The summed E-state index contributed by atoms with van der Waals surface area (Å²) >= 11 is 0. The van der Waals surface area contributed by atoms with E-state index in [0.29, 0.717) is 12.0 Å². The van der Waals surface area contributed by atoms with Crippen LogP contribution in [0.5, 0.6) is 11.5 Å². The first kappa shape index (κ1) is 46.6. The van der Waals surface area contributed by atoms with Crippen molar-refractivity contribution < 1.29 is 54.0 Å². The van der Waals surface area contributed by atoms with Crippen molar-refractivity contribution in [2.45, 2.75) is 108 Å². The molecule has 1 aliphatic heterocycles. The maximum Gasteiger partial charge on any atom is 0.326 e. The van der Waals surface area contributed by atoms with Crippen LogP contribution in [-0.2, 0) is 40.0 Å². The second kappa shape index (κ2) is 22.3. The number of fused-ring (bicyclic) bond motifs is 5. The first-order chi connectivity index (χ1) is 27.5. The van der Waals surface area contributed by atoms with Crippen LogP contribution >= 0.6 is 0 Å². The number of carbonyl (C=O) groups excluding carboxylic acids is 6. The van der Waals surface area contributed by atoms with Crippen molar-refractivity contribution in [1.82, 2.24) is 31.1 Å². The third kappa shape index (κ3) is 12.9. The Morgan fingerprint density at radius 3 is 2.07 bits per heavy atom. The largest absolute Gasteiger partial charge is 0.507 e. The van der Waals surface area contributed by atoms with E-state index in [1.807, 2.05) is 0 Å². The van der Waals surface area contributed by atoms with Gasteiger partial charge in [-0.2, -0.15) is 0 Å². The summed E-state index contributed by atoms with van der Waals surface area (Å²) in [4.78, 5) is 93.1. The number of carboxylic acid groups (broad SMARTS) is 1. The maximum absolute atomic E-state index is 13.8. The van der Waals surface area contributed by atoms with Gasteiger partial charge in [-0.05, 0) is 48.7 Å². The molecule has 18 nitrogen and oxygen atoms in total. The lowest BCUT2D eigenvalue weighted by molar-refractivity contribution is -0.143. The predicted molar refractivity (Wildman–Crippen MR) is 212 cm³/mol. The van der Waals surface area contributed by atoms with Crippen LogP contribution in [0, 0.1) is 0 Å². The zero-order valence-electron chi connectivity index (χ0n) is 33.5. The highest BCUT2D eigenvalue weighted by Gasteiger charge is 2.34. The van der Waals surface area contributed by atoms with Crippen LogP contribution in [0.15, 0.2) is 36.4 Å². The van der Waals surface area contributed by atoms with E-state index in [9.17, 15) is 54.0 Å². The highest BCUT2D eigenvalue weighted by Crippen LogP contribution is 2.38. The molecule has 5 atom stereocenters. The van der Waals surface area contributed by atoms with Gasteiger partial charge in [0.15, 0.2) is 6.17 Å². The van der Waals surface area contributed by atoms with Crippen LogP contribution < -0.4 is 27.0 Å². The van der Waals surface area contributed by atoms with Gasteiger partial charge in [-0.3, -0.25) is 28.8 Å². The summed E-state index contributed by atoms with van der Waals surface area (Å²) in [5, 5.41) is 50.7. The van der Waals surface area contributed by atoms with Crippen LogP contribution in [-0.4, -0.2) is 123 Å². The Balaban J connectivity index is 1.72. The number of rotatable bonds is 18. The molecule has 0 spiro atoms. The summed E-state index contributed by atoms with van der Waals surface area (Å²) in [5.41, 5.74) is 6.56. The molecular formula is C40H57N7O11. The maximum atomic E-state index is 13.8. The Labute approximate surface area is 337 Å². The van der Waals surface area contributed by atoms with E-state index < -0.39 is 79.0 Å². The average Bonchev–Trinajstić information content (AvgIpc) is 3.18. The molecule has 0 fully saturated rings. The molecule has 0 unspecified atom stereocenters. The van der Waals surface area contributed by atoms with E-state index in [2.05, 4.69) is 28.2 Å². The smallest absolute Gasteiger partial charge is 0.326 e. The lowest BCUT2D eigenvalue weighted by Crippen LogP contribution is -2.59. The number of phenols is 2. The fourth-order valence-corrected chi connectivity index (χ4v) is 6.50. The number of benzene rings is 2. The van der Waals surface area contributed by atoms with E-state index in [1.165, 1.54) is 70.3 Å². The summed E-state index contributed by atoms with van der Waals surface area (Å²) < 4.78 is 0. The molecule has 0 saturated heterocycles. The van der Waals surface area contributed by atoms with E-state index in [0.717, 1.165) is 41.9 Å². The van der Waals surface area contributed by atoms with Crippen LogP contribution in [0.1, 0.15) is 88.8 Å². The topological polar surface area (TPSA) is 281 Å². The number of phenolic OH excluding ortho intramolecular Hbond substituents is 2. The summed E-state index contributed by atoms with van der Waals surface area (Å²) in [6, 6.07) is 2.60. The molecule has 4 bridgehead atoms. The number of carbonyl (C=O) groups is 7. The Hall–Kier alpha value is -5.75. The second-order valence-electron chi connectivity index (χ2n) is 14.5. The number of unbranched alkanes of at least 4 members (excludes halogenated alkanes) is 7. The zero-order valence-corrected chi connectivity index (χ0v) is 33.5. The third-order valence-electron chi connectivity index (χ3n) is 10.1. The Bertz CT molecular complexity index is 1810. The number of likely N-dealkylation sites (N-methyl/N-ethyl adjacent to an activating group) is 2. The minimum atomic E-state index is -1.70. The van der Waals surface area contributed by atoms with E-state index in [4.69, 9.17) is 5.73 Å². The van der Waals surface area contributed by atoms with Gasteiger partial charge in [0.1, 0.15) is 35.7 Å². The van der Waals surface area contributed by atoms with E-state index >= 15 is 0 Å². The highest BCUT2D eigenvalue weighted by atomic mass is 16.4. The second-order valence-corrected chi connectivity index (χ2v) is 14.5. The normalized spacial score (nSPS) is 17.7.